The number of hydrogen-bond donors (Lipinski definition) is 1. The lowest BCUT2D eigenvalue weighted by atomic mass is 10.1. The predicted molar refractivity (Wildman–Crippen MR) is 149 cm³/mol. The summed E-state index contributed by atoms with van der Waals surface area (Å²) in [6.45, 7) is 2.74. The minimum Gasteiger partial charge on any atom is -0.497 e. The Hall–Kier alpha value is -3.34. The largest absolute Gasteiger partial charge is 0.497 e. The van der Waals surface area contributed by atoms with Gasteiger partial charge in [-0.25, -0.2) is 12.8 Å². The fourth-order valence-electron chi connectivity index (χ4n) is 3.77. The average molecular weight is 597 g/mol. The van der Waals surface area contributed by atoms with Gasteiger partial charge in [-0.3, -0.25) is 13.9 Å². The average Bonchev–Trinajstić information content (AvgIpc) is 2.92. The van der Waals surface area contributed by atoms with Crippen LogP contribution in [0.5, 0.6) is 5.75 Å². The maximum Gasteiger partial charge on any atom is 0.264 e. The molecule has 0 aromatic heterocycles. The summed E-state index contributed by atoms with van der Waals surface area (Å²) in [7, 11) is -2.86. The van der Waals surface area contributed by atoms with Crippen molar-refractivity contribution in [2.24, 2.45) is 0 Å². The van der Waals surface area contributed by atoms with Crippen LogP contribution in [0.4, 0.5) is 10.1 Å². The summed E-state index contributed by atoms with van der Waals surface area (Å²) < 4.78 is 47.2. The molecule has 3 rings (SSSR count). The van der Waals surface area contributed by atoms with Gasteiger partial charge in [0.15, 0.2) is 0 Å². The molecule has 0 aliphatic heterocycles. The third-order valence-corrected chi connectivity index (χ3v) is 8.45. The minimum absolute atomic E-state index is 0.0574. The van der Waals surface area contributed by atoms with E-state index in [0.717, 1.165) is 16.4 Å². The van der Waals surface area contributed by atoms with Crippen molar-refractivity contribution in [3.05, 3.63) is 88.2 Å². The van der Waals surface area contributed by atoms with E-state index in [-0.39, 0.29) is 27.2 Å². The van der Waals surface area contributed by atoms with Gasteiger partial charge in [-0.15, -0.1) is 0 Å². The van der Waals surface area contributed by atoms with Gasteiger partial charge in [0.25, 0.3) is 10.0 Å². The number of likely N-dealkylation sites (N-methyl/N-ethyl adjacent to an activating group) is 1. The normalized spacial score (nSPS) is 11.9. The maximum absolute atomic E-state index is 13.8. The van der Waals surface area contributed by atoms with Crippen LogP contribution in [0.3, 0.4) is 0 Å². The third-order valence-electron chi connectivity index (χ3n) is 5.95. The molecule has 39 heavy (non-hydrogen) atoms. The summed E-state index contributed by atoms with van der Waals surface area (Å²) in [5, 5.41) is 3.23. The minimum atomic E-state index is -4.31. The number of carbonyl (C=O) groups excluding carboxylic acids is 2. The van der Waals surface area contributed by atoms with Crippen LogP contribution in [0.2, 0.25) is 10.0 Å². The SMILES string of the molecule is CCNC(=O)[C@@H](C)N(Cc1c(Cl)cccc1Cl)C(=O)CN(c1ccc(F)cc1)S(=O)(=O)c1ccc(OC)cc1. The van der Waals surface area contributed by atoms with Crippen molar-refractivity contribution < 1.29 is 27.1 Å². The molecule has 1 atom stereocenters. The van der Waals surface area contributed by atoms with Crippen LogP contribution < -0.4 is 14.4 Å². The van der Waals surface area contributed by atoms with E-state index < -0.39 is 40.2 Å². The second-order valence-corrected chi connectivity index (χ2v) is 11.1. The smallest absolute Gasteiger partial charge is 0.264 e. The number of methoxy groups -OCH3 is 1. The van der Waals surface area contributed by atoms with Crippen molar-refractivity contribution in [1.29, 1.82) is 0 Å². The summed E-state index contributed by atoms with van der Waals surface area (Å²) >= 11 is 12.7. The molecular weight excluding hydrogens is 568 g/mol. The molecule has 0 aliphatic rings. The lowest BCUT2D eigenvalue weighted by Gasteiger charge is -2.32. The monoisotopic (exact) mass is 595 g/mol. The summed E-state index contributed by atoms with van der Waals surface area (Å²) in [5.41, 5.74) is 0.457. The van der Waals surface area contributed by atoms with Crippen molar-refractivity contribution in [3.63, 3.8) is 0 Å². The molecule has 3 aromatic rings. The first-order valence-corrected chi connectivity index (χ1v) is 14.1. The lowest BCUT2D eigenvalue weighted by molar-refractivity contribution is -0.139. The molecular formula is C27H28Cl2FN3O5S. The first-order valence-electron chi connectivity index (χ1n) is 11.9. The standard InChI is InChI=1S/C27H28Cl2FN3O5S/c1-4-31-27(35)18(2)32(16-23-24(28)6-5-7-25(23)29)26(34)17-33(20-10-8-19(30)9-11-20)39(36,37)22-14-12-21(38-3)13-15-22/h5-15,18H,4,16-17H2,1-3H3,(H,31,35)/t18-/m1/s1. The molecule has 8 nitrogen and oxygen atoms in total. The van der Waals surface area contributed by atoms with E-state index in [1.807, 2.05) is 0 Å². The second-order valence-electron chi connectivity index (χ2n) is 8.46. The number of nitrogens with zero attached hydrogens (tertiary/aromatic N) is 2. The van der Waals surface area contributed by atoms with Gasteiger partial charge >= 0.3 is 0 Å². The van der Waals surface area contributed by atoms with Crippen LogP contribution in [-0.4, -0.2) is 51.4 Å². The fourth-order valence-corrected chi connectivity index (χ4v) is 5.70. The summed E-state index contributed by atoms with van der Waals surface area (Å²) in [4.78, 5) is 27.7. The number of ether oxygens (including phenoxy) is 1. The quantitative estimate of drug-likeness (QED) is 0.340. The van der Waals surface area contributed by atoms with E-state index >= 15 is 0 Å². The predicted octanol–water partition coefficient (Wildman–Crippen LogP) is 4.89. The zero-order valence-electron chi connectivity index (χ0n) is 21.5. The Balaban J connectivity index is 2.06. The molecule has 2 amide bonds. The molecule has 0 aliphatic carbocycles. The van der Waals surface area contributed by atoms with Crippen molar-refractivity contribution >= 4 is 50.7 Å². The molecule has 0 saturated carbocycles. The van der Waals surface area contributed by atoms with Crippen LogP contribution in [-0.2, 0) is 26.2 Å². The number of nitrogens with one attached hydrogen (secondary N) is 1. The summed E-state index contributed by atoms with van der Waals surface area (Å²) in [5.74, 6) is -1.28. The summed E-state index contributed by atoms with van der Waals surface area (Å²) in [6.07, 6.45) is 0. The number of carbonyl (C=O) groups is 2. The van der Waals surface area contributed by atoms with Crippen molar-refractivity contribution in [2.45, 2.75) is 31.3 Å². The number of sulfonamides is 1. The Morgan fingerprint density at radius 1 is 1.00 bits per heavy atom. The van der Waals surface area contributed by atoms with Crippen molar-refractivity contribution in [3.8, 4) is 5.75 Å². The highest BCUT2D eigenvalue weighted by molar-refractivity contribution is 7.92. The van der Waals surface area contributed by atoms with E-state index in [9.17, 15) is 22.4 Å². The lowest BCUT2D eigenvalue weighted by Crippen LogP contribution is -2.51. The van der Waals surface area contributed by atoms with Gasteiger partial charge in [0.1, 0.15) is 24.2 Å². The fraction of sp³-hybridized carbons (Fsp3) is 0.259. The first kappa shape index (κ1) is 30.2. The van der Waals surface area contributed by atoms with Gasteiger partial charge in [-0.05, 0) is 74.5 Å². The molecule has 0 fully saturated rings. The highest BCUT2D eigenvalue weighted by Gasteiger charge is 2.33. The number of amides is 2. The molecule has 0 bridgehead atoms. The van der Waals surface area contributed by atoms with Crippen LogP contribution in [0.15, 0.2) is 71.6 Å². The molecule has 1 N–H and O–H groups in total. The number of rotatable bonds is 11. The molecule has 0 unspecified atom stereocenters. The number of anilines is 1. The zero-order valence-corrected chi connectivity index (χ0v) is 23.9. The topological polar surface area (TPSA) is 96.0 Å². The number of benzene rings is 3. The van der Waals surface area contributed by atoms with Crippen molar-refractivity contribution in [2.75, 3.05) is 24.5 Å². The molecule has 12 heteroatoms. The molecule has 0 saturated heterocycles. The number of halogens is 3. The Bertz CT molecular complexity index is 1400. The Morgan fingerprint density at radius 3 is 2.13 bits per heavy atom. The van der Waals surface area contributed by atoms with E-state index in [1.165, 1.54) is 55.3 Å². The van der Waals surface area contributed by atoms with Gasteiger partial charge in [-0.1, -0.05) is 29.3 Å². The first-order chi connectivity index (χ1) is 18.5. The van der Waals surface area contributed by atoms with Crippen LogP contribution in [0.25, 0.3) is 0 Å². The van der Waals surface area contributed by atoms with Gasteiger partial charge in [0.05, 0.1) is 17.7 Å². The van der Waals surface area contributed by atoms with Crippen molar-refractivity contribution in [1.82, 2.24) is 10.2 Å². The third kappa shape index (κ3) is 7.20. The van der Waals surface area contributed by atoms with Crippen LogP contribution in [0.1, 0.15) is 19.4 Å². The van der Waals surface area contributed by atoms with E-state index in [2.05, 4.69) is 5.32 Å². The molecule has 0 heterocycles. The highest BCUT2D eigenvalue weighted by Crippen LogP contribution is 2.29. The Morgan fingerprint density at radius 2 is 1.59 bits per heavy atom. The van der Waals surface area contributed by atoms with Gasteiger partial charge in [0.2, 0.25) is 11.8 Å². The summed E-state index contributed by atoms with van der Waals surface area (Å²) in [6, 6.07) is 14.2. The maximum atomic E-state index is 13.8. The van der Waals surface area contributed by atoms with E-state index in [1.54, 1.807) is 25.1 Å². The molecule has 208 valence electrons. The van der Waals surface area contributed by atoms with Gasteiger partial charge in [-0.2, -0.15) is 0 Å². The zero-order chi connectivity index (χ0) is 28.7. The molecule has 0 spiro atoms. The van der Waals surface area contributed by atoms with Crippen LogP contribution >= 0.6 is 23.2 Å². The van der Waals surface area contributed by atoms with Gasteiger partial charge < -0.3 is 15.0 Å². The van der Waals surface area contributed by atoms with E-state index in [4.69, 9.17) is 27.9 Å². The second kappa shape index (κ2) is 13.1. The highest BCUT2D eigenvalue weighted by atomic mass is 35.5. The molecule has 3 aromatic carbocycles. The van der Waals surface area contributed by atoms with Crippen LogP contribution in [0, 0.1) is 5.82 Å². The Labute approximate surface area is 237 Å². The Kier molecular flexibility index (Phi) is 10.2. The van der Waals surface area contributed by atoms with Gasteiger partial charge in [0, 0.05) is 28.7 Å². The van der Waals surface area contributed by atoms with E-state index in [0.29, 0.717) is 17.9 Å². The molecule has 0 radical (unpaired) electrons. The number of hydrogen-bond acceptors (Lipinski definition) is 5.